The Morgan fingerprint density at radius 3 is 2.46 bits per heavy atom. The zero-order chi connectivity index (χ0) is 16.8. The number of benzene rings is 1. The van der Waals surface area contributed by atoms with Gasteiger partial charge in [0.05, 0.1) is 19.3 Å². The van der Waals surface area contributed by atoms with Gasteiger partial charge in [0, 0.05) is 36.9 Å². The molecule has 0 radical (unpaired) electrons. The van der Waals surface area contributed by atoms with E-state index in [4.69, 9.17) is 17.0 Å². The SMILES string of the molecule is CC(NC(=S)Nc1ccncc1)c1ccc(N2CCOCC2)cc1. The lowest BCUT2D eigenvalue weighted by Crippen LogP contribution is -2.36. The van der Waals surface area contributed by atoms with Gasteiger partial charge in [-0.1, -0.05) is 12.1 Å². The summed E-state index contributed by atoms with van der Waals surface area (Å²) in [5.41, 5.74) is 3.37. The molecule has 0 saturated carbocycles. The van der Waals surface area contributed by atoms with Gasteiger partial charge in [0.15, 0.2) is 5.11 Å². The molecule has 1 unspecified atom stereocenters. The van der Waals surface area contributed by atoms with Crippen LogP contribution in [0.1, 0.15) is 18.5 Å². The van der Waals surface area contributed by atoms with Crippen molar-refractivity contribution in [2.24, 2.45) is 0 Å². The summed E-state index contributed by atoms with van der Waals surface area (Å²) in [4.78, 5) is 6.34. The Balaban J connectivity index is 1.56. The standard InChI is InChI=1S/C18H22N4OS/c1-14(20-18(24)21-16-6-8-19-9-7-16)15-2-4-17(5-3-15)22-10-12-23-13-11-22/h2-9,14H,10-13H2,1H3,(H2,19,20,21,24). The molecule has 2 N–H and O–H groups in total. The highest BCUT2D eigenvalue weighted by Crippen LogP contribution is 2.20. The third-order valence-corrected chi connectivity index (χ3v) is 4.28. The summed E-state index contributed by atoms with van der Waals surface area (Å²) in [5, 5.41) is 7.08. The van der Waals surface area contributed by atoms with Gasteiger partial charge in [-0.15, -0.1) is 0 Å². The molecule has 126 valence electrons. The minimum Gasteiger partial charge on any atom is -0.378 e. The van der Waals surface area contributed by atoms with Crippen LogP contribution in [0.5, 0.6) is 0 Å². The summed E-state index contributed by atoms with van der Waals surface area (Å²) in [6, 6.07) is 12.5. The Labute approximate surface area is 148 Å². The zero-order valence-corrected chi connectivity index (χ0v) is 14.6. The first-order valence-electron chi connectivity index (χ1n) is 8.12. The van der Waals surface area contributed by atoms with Gasteiger partial charge in [0.2, 0.25) is 0 Å². The second kappa shape index (κ2) is 8.08. The van der Waals surface area contributed by atoms with Gasteiger partial charge >= 0.3 is 0 Å². The van der Waals surface area contributed by atoms with Crippen molar-refractivity contribution in [3.05, 3.63) is 54.4 Å². The van der Waals surface area contributed by atoms with Crippen LogP contribution in [0.4, 0.5) is 11.4 Å². The van der Waals surface area contributed by atoms with Gasteiger partial charge in [0.1, 0.15) is 0 Å². The van der Waals surface area contributed by atoms with Crippen molar-refractivity contribution < 1.29 is 4.74 Å². The third-order valence-electron chi connectivity index (χ3n) is 4.06. The average molecular weight is 342 g/mol. The number of ether oxygens (including phenoxy) is 1. The fourth-order valence-corrected chi connectivity index (χ4v) is 2.97. The van der Waals surface area contributed by atoms with Crippen molar-refractivity contribution in [2.75, 3.05) is 36.5 Å². The summed E-state index contributed by atoms with van der Waals surface area (Å²) in [6.07, 6.45) is 3.47. The summed E-state index contributed by atoms with van der Waals surface area (Å²) >= 11 is 5.38. The van der Waals surface area contributed by atoms with Gasteiger partial charge in [0.25, 0.3) is 0 Å². The summed E-state index contributed by atoms with van der Waals surface area (Å²) in [6.45, 7) is 5.60. The largest absolute Gasteiger partial charge is 0.378 e. The van der Waals surface area contributed by atoms with Crippen LogP contribution < -0.4 is 15.5 Å². The highest BCUT2D eigenvalue weighted by atomic mass is 32.1. The predicted octanol–water partition coefficient (Wildman–Crippen LogP) is 2.97. The maximum atomic E-state index is 5.40. The van der Waals surface area contributed by atoms with Crippen LogP contribution in [0.25, 0.3) is 0 Å². The van der Waals surface area contributed by atoms with Crippen molar-refractivity contribution in [3.63, 3.8) is 0 Å². The van der Waals surface area contributed by atoms with Crippen LogP contribution in [0.2, 0.25) is 0 Å². The first kappa shape index (κ1) is 16.7. The topological polar surface area (TPSA) is 49.4 Å². The molecule has 2 heterocycles. The Morgan fingerprint density at radius 2 is 1.79 bits per heavy atom. The van der Waals surface area contributed by atoms with Crippen LogP contribution in [-0.4, -0.2) is 36.4 Å². The smallest absolute Gasteiger partial charge is 0.171 e. The van der Waals surface area contributed by atoms with Crippen LogP contribution in [0, 0.1) is 0 Å². The second-order valence-corrected chi connectivity index (χ2v) is 6.16. The molecule has 0 aliphatic carbocycles. The third kappa shape index (κ3) is 4.43. The lowest BCUT2D eigenvalue weighted by Gasteiger charge is -2.29. The van der Waals surface area contributed by atoms with E-state index in [1.54, 1.807) is 12.4 Å². The van der Waals surface area contributed by atoms with Gasteiger partial charge in [-0.05, 0) is 49.0 Å². The van der Waals surface area contributed by atoms with Crippen molar-refractivity contribution in [1.29, 1.82) is 0 Å². The maximum absolute atomic E-state index is 5.40. The summed E-state index contributed by atoms with van der Waals surface area (Å²) in [7, 11) is 0. The van der Waals surface area contributed by atoms with E-state index in [2.05, 4.69) is 51.7 Å². The molecule has 0 bridgehead atoms. The highest BCUT2D eigenvalue weighted by molar-refractivity contribution is 7.80. The monoisotopic (exact) mass is 342 g/mol. The van der Waals surface area contributed by atoms with E-state index in [1.807, 2.05) is 12.1 Å². The minimum absolute atomic E-state index is 0.130. The number of nitrogens with zero attached hydrogens (tertiary/aromatic N) is 2. The summed E-state index contributed by atoms with van der Waals surface area (Å²) in [5.74, 6) is 0. The van der Waals surface area contributed by atoms with Crippen LogP contribution in [-0.2, 0) is 4.74 Å². The van der Waals surface area contributed by atoms with Gasteiger partial charge in [-0.3, -0.25) is 4.98 Å². The molecule has 1 aliphatic heterocycles. The molecule has 1 aromatic heterocycles. The van der Waals surface area contributed by atoms with E-state index >= 15 is 0 Å². The first-order valence-corrected chi connectivity index (χ1v) is 8.53. The molecule has 1 atom stereocenters. The average Bonchev–Trinajstić information content (AvgIpc) is 2.63. The molecule has 1 aromatic carbocycles. The number of anilines is 2. The second-order valence-electron chi connectivity index (χ2n) is 5.75. The molecule has 1 aliphatic rings. The number of hydrogen-bond acceptors (Lipinski definition) is 4. The Kier molecular flexibility index (Phi) is 5.61. The molecular weight excluding hydrogens is 320 g/mol. The van der Waals surface area contributed by atoms with E-state index < -0.39 is 0 Å². The van der Waals surface area contributed by atoms with Crippen LogP contribution >= 0.6 is 12.2 Å². The van der Waals surface area contributed by atoms with Gasteiger partial charge < -0.3 is 20.3 Å². The Bertz CT molecular complexity index is 656. The minimum atomic E-state index is 0.130. The number of thiocarbonyl (C=S) groups is 1. The highest BCUT2D eigenvalue weighted by Gasteiger charge is 2.12. The van der Waals surface area contributed by atoms with Crippen molar-refractivity contribution in [1.82, 2.24) is 10.3 Å². The first-order chi connectivity index (χ1) is 11.7. The quantitative estimate of drug-likeness (QED) is 0.833. The number of rotatable bonds is 4. The van der Waals surface area contributed by atoms with E-state index in [0.29, 0.717) is 5.11 Å². The zero-order valence-electron chi connectivity index (χ0n) is 13.7. The van der Waals surface area contributed by atoms with Gasteiger partial charge in [-0.2, -0.15) is 0 Å². The number of hydrogen-bond donors (Lipinski definition) is 2. The van der Waals surface area contributed by atoms with Crippen molar-refractivity contribution in [2.45, 2.75) is 13.0 Å². The molecule has 6 heteroatoms. The lowest BCUT2D eigenvalue weighted by atomic mass is 10.1. The Morgan fingerprint density at radius 1 is 1.12 bits per heavy atom. The van der Waals surface area contributed by atoms with E-state index in [9.17, 15) is 0 Å². The molecule has 0 amide bonds. The molecule has 0 spiro atoms. The van der Waals surface area contributed by atoms with Crippen LogP contribution in [0.15, 0.2) is 48.8 Å². The van der Waals surface area contributed by atoms with Crippen molar-refractivity contribution >= 4 is 28.7 Å². The molecule has 1 saturated heterocycles. The number of morpholine rings is 1. The molecule has 2 aromatic rings. The summed E-state index contributed by atoms with van der Waals surface area (Å²) < 4.78 is 5.40. The molecule has 1 fully saturated rings. The Hall–Kier alpha value is -2.18. The van der Waals surface area contributed by atoms with Crippen molar-refractivity contribution in [3.8, 4) is 0 Å². The fraction of sp³-hybridized carbons (Fsp3) is 0.333. The maximum Gasteiger partial charge on any atom is 0.171 e. The van der Waals surface area contributed by atoms with E-state index in [1.165, 1.54) is 11.3 Å². The lowest BCUT2D eigenvalue weighted by molar-refractivity contribution is 0.122. The molecular formula is C18H22N4OS. The number of nitrogens with one attached hydrogen (secondary N) is 2. The number of aromatic nitrogens is 1. The van der Waals surface area contributed by atoms with Crippen LogP contribution in [0.3, 0.4) is 0 Å². The fourth-order valence-electron chi connectivity index (χ4n) is 2.68. The van der Waals surface area contributed by atoms with E-state index in [0.717, 1.165) is 32.0 Å². The predicted molar refractivity (Wildman–Crippen MR) is 101 cm³/mol. The normalized spacial score (nSPS) is 15.6. The molecule has 3 rings (SSSR count). The van der Waals surface area contributed by atoms with E-state index in [-0.39, 0.29) is 6.04 Å². The number of pyridine rings is 1. The molecule has 5 nitrogen and oxygen atoms in total. The molecule has 24 heavy (non-hydrogen) atoms. The van der Waals surface area contributed by atoms with Gasteiger partial charge in [-0.25, -0.2) is 0 Å².